The highest BCUT2D eigenvalue weighted by Crippen LogP contribution is 2.22. The molecule has 0 bridgehead atoms. The van der Waals surface area contributed by atoms with Gasteiger partial charge in [-0.05, 0) is 31.2 Å². The standard InChI is InChI=1S/C22H27N5O3S/c1-17(24-21-19-9-5-6-10-20(19)31(29,30)25-21)22(28)23-11-12-26-13-15-27(16-14-26)18-7-3-2-4-8-18/h2-10,17H,11-16H2,1H3,(H,23,28)(H,24,25)/t17-/m0/s1. The minimum absolute atomic E-state index is 0.191. The fourth-order valence-electron chi connectivity index (χ4n) is 3.84. The van der Waals surface area contributed by atoms with Gasteiger partial charge in [-0.3, -0.25) is 19.4 Å². The molecule has 164 valence electrons. The Morgan fingerprint density at radius 3 is 2.48 bits per heavy atom. The molecule has 1 saturated heterocycles. The quantitative estimate of drug-likeness (QED) is 0.699. The second-order valence-electron chi connectivity index (χ2n) is 7.71. The van der Waals surface area contributed by atoms with Crippen molar-refractivity contribution in [3.8, 4) is 0 Å². The van der Waals surface area contributed by atoms with Gasteiger partial charge in [-0.25, -0.2) is 8.42 Å². The van der Waals surface area contributed by atoms with Crippen LogP contribution in [-0.2, 0) is 14.8 Å². The van der Waals surface area contributed by atoms with Crippen LogP contribution < -0.4 is 14.9 Å². The van der Waals surface area contributed by atoms with E-state index in [0.29, 0.717) is 12.1 Å². The molecule has 4 rings (SSSR count). The van der Waals surface area contributed by atoms with Crippen LogP contribution in [0.25, 0.3) is 0 Å². The van der Waals surface area contributed by atoms with E-state index >= 15 is 0 Å². The van der Waals surface area contributed by atoms with E-state index in [1.807, 2.05) is 6.07 Å². The lowest BCUT2D eigenvalue weighted by Gasteiger charge is -2.36. The molecule has 31 heavy (non-hydrogen) atoms. The zero-order valence-corrected chi connectivity index (χ0v) is 18.3. The number of carbonyl (C=O) groups is 1. The molecule has 2 aromatic rings. The van der Waals surface area contributed by atoms with Crippen LogP contribution in [0.15, 0.2) is 64.5 Å². The summed E-state index contributed by atoms with van der Waals surface area (Å²) in [6.07, 6.45) is 0. The van der Waals surface area contributed by atoms with E-state index in [1.54, 1.807) is 25.1 Å². The number of hydrogen-bond donors (Lipinski definition) is 2. The van der Waals surface area contributed by atoms with E-state index in [4.69, 9.17) is 0 Å². The summed E-state index contributed by atoms with van der Waals surface area (Å²) in [4.78, 5) is 21.7. The van der Waals surface area contributed by atoms with Crippen LogP contribution in [0.2, 0.25) is 0 Å². The minimum atomic E-state index is -3.61. The van der Waals surface area contributed by atoms with Crippen molar-refractivity contribution in [3.05, 3.63) is 60.2 Å². The number of anilines is 1. The molecule has 2 aliphatic rings. The lowest BCUT2D eigenvalue weighted by Crippen LogP contribution is -2.49. The van der Waals surface area contributed by atoms with Crippen molar-refractivity contribution in [2.24, 2.45) is 4.99 Å². The molecule has 0 aliphatic carbocycles. The number of carbonyl (C=O) groups excluding carboxylic acids is 1. The molecular formula is C22H27N5O3S. The fraction of sp³-hybridized carbons (Fsp3) is 0.364. The molecule has 1 fully saturated rings. The van der Waals surface area contributed by atoms with Gasteiger partial charge >= 0.3 is 0 Å². The molecule has 0 aromatic heterocycles. The Morgan fingerprint density at radius 1 is 1.06 bits per heavy atom. The molecular weight excluding hydrogens is 414 g/mol. The summed E-state index contributed by atoms with van der Waals surface area (Å²) < 4.78 is 26.8. The van der Waals surface area contributed by atoms with Crippen LogP contribution in [0.4, 0.5) is 5.69 Å². The number of hydrogen-bond acceptors (Lipinski definition) is 6. The van der Waals surface area contributed by atoms with Crippen molar-refractivity contribution >= 4 is 27.5 Å². The number of piperazine rings is 1. The number of amidine groups is 1. The maximum atomic E-state index is 12.5. The maximum Gasteiger partial charge on any atom is 0.263 e. The number of amides is 1. The van der Waals surface area contributed by atoms with Gasteiger partial charge in [-0.2, -0.15) is 0 Å². The summed E-state index contributed by atoms with van der Waals surface area (Å²) in [5, 5.41) is 2.91. The van der Waals surface area contributed by atoms with Crippen LogP contribution in [0.1, 0.15) is 12.5 Å². The SMILES string of the molecule is C[C@H](N=C1NS(=O)(=O)c2ccccc21)C(=O)NCCN1CCN(c2ccccc2)CC1. The Hall–Kier alpha value is -2.91. The van der Waals surface area contributed by atoms with Crippen molar-refractivity contribution < 1.29 is 13.2 Å². The monoisotopic (exact) mass is 441 g/mol. The van der Waals surface area contributed by atoms with Gasteiger partial charge in [-0.15, -0.1) is 0 Å². The molecule has 2 heterocycles. The maximum absolute atomic E-state index is 12.5. The third-order valence-corrected chi connectivity index (χ3v) is 6.98. The normalized spacial score (nSPS) is 20.2. The zero-order valence-electron chi connectivity index (χ0n) is 17.5. The van der Waals surface area contributed by atoms with Crippen molar-refractivity contribution in [2.75, 3.05) is 44.2 Å². The second-order valence-corrected chi connectivity index (χ2v) is 9.36. The van der Waals surface area contributed by atoms with Gasteiger partial charge < -0.3 is 10.2 Å². The van der Waals surface area contributed by atoms with Crippen molar-refractivity contribution in [1.82, 2.24) is 14.9 Å². The van der Waals surface area contributed by atoms with E-state index in [0.717, 1.165) is 32.7 Å². The zero-order chi connectivity index (χ0) is 21.8. The fourth-order valence-corrected chi connectivity index (χ4v) is 5.07. The smallest absolute Gasteiger partial charge is 0.263 e. The highest BCUT2D eigenvalue weighted by atomic mass is 32.2. The molecule has 2 aliphatic heterocycles. The Bertz CT molecular complexity index is 1060. The highest BCUT2D eigenvalue weighted by Gasteiger charge is 2.31. The summed E-state index contributed by atoms with van der Waals surface area (Å²) in [6, 6.07) is 16.3. The molecule has 9 heteroatoms. The third-order valence-electron chi connectivity index (χ3n) is 5.59. The van der Waals surface area contributed by atoms with Crippen LogP contribution >= 0.6 is 0 Å². The first-order chi connectivity index (χ1) is 14.9. The molecule has 8 nitrogen and oxygen atoms in total. The summed E-state index contributed by atoms with van der Waals surface area (Å²) in [5.74, 6) is -0.00529. The molecule has 2 N–H and O–H groups in total. The summed E-state index contributed by atoms with van der Waals surface area (Å²) >= 11 is 0. The Kier molecular flexibility index (Phi) is 6.24. The van der Waals surface area contributed by atoms with Gasteiger partial charge in [0, 0.05) is 50.5 Å². The van der Waals surface area contributed by atoms with Crippen LogP contribution in [0, 0.1) is 0 Å². The van der Waals surface area contributed by atoms with Gasteiger partial charge in [-0.1, -0.05) is 30.3 Å². The van der Waals surface area contributed by atoms with E-state index < -0.39 is 16.1 Å². The Balaban J connectivity index is 1.25. The van der Waals surface area contributed by atoms with Crippen LogP contribution in [0.5, 0.6) is 0 Å². The van der Waals surface area contributed by atoms with E-state index in [-0.39, 0.29) is 16.6 Å². The van der Waals surface area contributed by atoms with Gasteiger partial charge in [0.1, 0.15) is 11.9 Å². The molecule has 0 spiro atoms. The van der Waals surface area contributed by atoms with Crippen molar-refractivity contribution in [1.29, 1.82) is 0 Å². The van der Waals surface area contributed by atoms with Gasteiger partial charge in [0.05, 0.1) is 4.90 Å². The number of benzene rings is 2. The topological polar surface area (TPSA) is 94.1 Å². The number of aliphatic imine (C=N–C) groups is 1. The number of fused-ring (bicyclic) bond motifs is 1. The minimum Gasteiger partial charge on any atom is -0.369 e. The van der Waals surface area contributed by atoms with Gasteiger partial charge in [0.15, 0.2) is 0 Å². The lowest BCUT2D eigenvalue weighted by molar-refractivity contribution is -0.121. The molecule has 2 aromatic carbocycles. The van der Waals surface area contributed by atoms with E-state index in [1.165, 1.54) is 11.8 Å². The summed E-state index contributed by atoms with van der Waals surface area (Å²) in [6.45, 7) is 6.77. The first kappa shape index (κ1) is 21.3. The molecule has 0 radical (unpaired) electrons. The summed E-state index contributed by atoms with van der Waals surface area (Å²) in [5.41, 5.74) is 1.74. The molecule has 1 amide bonds. The molecule has 0 saturated carbocycles. The number of para-hydroxylation sites is 1. The average molecular weight is 442 g/mol. The number of nitrogens with one attached hydrogen (secondary N) is 2. The number of nitrogens with zero attached hydrogens (tertiary/aromatic N) is 3. The highest BCUT2D eigenvalue weighted by molar-refractivity contribution is 7.90. The molecule has 1 atom stereocenters. The van der Waals surface area contributed by atoms with Crippen molar-refractivity contribution in [3.63, 3.8) is 0 Å². The van der Waals surface area contributed by atoms with E-state index in [9.17, 15) is 13.2 Å². The lowest BCUT2D eigenvalue weighted by atomic mass is 10.2. The largest absolute Gasteiger partial charge is 0.369 e. The molecule has 0 unspecified atom stereocenters. The first-order valence-electron chi connectivity index (χ1n) is 10.4. The predicted octanol–water partition coefficient (Wildman–Crippen LogP) is 1.05. The second kappa shape index (κ2) is 9.07. The number of rotatable bonds is 6. The third kappa shape index (κ3) is 4.88. The Labute approximate surface area is 183 Å². The first-order valence-corrected chi connectivity index (χ1v) is 11.9. The Morgan fingerprint density at radius 2 is 1.74 bits per heavy atom. The summed E-state index contributed by atoms with van der Waals surface area (Å²) in [7, 11) is -3.61. The van der Waals surface area contributed by atoms with Crippen LogP contribution in [0.3, 0.4) is 0 Å². The predicted molar refractivity (Wildman–Crippen MR) is 121 cm³/mol. The van der Waals surface area contributed by atoms with Gasteiger partial charge in [0.25, 0.3) is 10.0 Å². The van der Waals surface area contributed by atoms with Crippen molar-refractivity contribution in [2.45, 2.75) is 17.9 Å². The number of sulfonamides is 1. The average Bonchev–Trinajstić information content (AvgIpc) is 3.04. The van der Waals surface area contributed by atoms with Crippen LogP contribution in [-0.4, -0.2) is 70.4 Å². The van der Waals surface area contributed by atoms with Gasteiger partial charge in [0.2, 0.25) is 5.91 Å². The van der Waals surface area contributed by atoms with E-state index in [2.05, 4.69) is 49.1 Å².